The van der Waals surface area contributed by atoms with E-state index in [2.05, 4.69) is 32.2 Å². The first-order chi connectivity index (χ1) is 8.70. The molecule has 1 aromatic rings. The molecule has 1 saturated carbocycles. The zero-order valence-electron chi connectivity index (χ0n) is 12.1. The molecular weight excluding hydrogens is 238 g/mol. The van der Waals surface area contributed by atoms with Gasteiger partial charge in [0.25, 0.3) is 0 Å². The number of thiophene rings is 1. The van der Waals surface area contributed by atoms with E-state index in [1.807, 2.05) is 11.3 Å². The van der Waals surface area contributed by atoms with E-state index >= 15 is 0 Å². The lowest BCUT2D eigenvalue weighted by molar-refractivity contribution is 0.301. The number of aryl methyl sites for hydroxylation is 2. The number of hydrogen-bond donors (Lipinski definition) is 1. The molecule has 1 fully saturated rings. The van der Waals surface area contributed by atoms with Crippen molar-refractivity contribution in [3.05, 3.63) is 21.4 Å². The Labute approximate surface area is 116 Å². The average molecular weight is 265 g/mol. The summed E-state index contributed by atoms with van der Waals surface area (Å²) in [5.41, 5.74) is 1.56. The third-order valence-electron chi connectivity index (χ3n) is 4.20. The zero-order chi connectivity index (χ0) is 13.0. The van der Waals surface area contributed by atoms with Crippen LogP contribution in [0.1, 0.15) is 66.8 Å². The fourth-order valence-electron chi connectivity index (χ4n) is 3.32. The van der Waals surface area contributed by atoms with Crippen LogP contribution in [0.4, 0.5) is 0 Å². The highest BCUT2D eigenvalue weighted by Gasteiger charge is 2.21. The molecule has 1 aliphatic carbocycles. The normalized spacial score (nSPS) is 19.1. The van der Waals surface area contributed by atoms with Gasteiger partial charge >= 0.3 is 0 Å². The molecule has 0 aromatic carbocycles. The maximum absolute atomic E-state index is 3.71. The Morgan fingerprint density at radius 2 is 2.00 bits per heavy atom. The predicted molar refractivity (Wildman–Crippen MR) is 81.4 cm³/mol. The van der Waals surface area contributed by atoms with Gasteiger partial charge in [0, 0.05) is 15.8 Å². The monoisotopic (exact) mass is 265 g/mol. The minimum absolute atomic E-state index is 0.586. The summed E-state index contributed by atoms with van der Waals surface area (Å²) in [5.74, 6) is 0.947. The van der Waals surface area contributed by atoms with Crippen LogP contribution in [0.2, 0.25) is 0 Å². The van der Waals surface area contributed by atoms with E-state index in [1.54, 1.807) is 5.56 Å². The van der Waals surface area contributed by atoms with Crippen LogP contribution in [0.5, 0.6) is 0 Å². The quantitative estimate of drug-likeness (QED) is 0.791. The molecule has 18 heavy (non-hydrogen) atoms. The fourth-order valence-corrected chi connectivity index (χ4v) is 4.31. The van der Waals surface area contributed by atoms with Crippen LogP contribution >= 0.6 is 11.3 Å². The van der Waals surface area contributed by atoms with Crippen molar-refractivity contribution in [3.63, 3.8) is 0 Å². The minimum atomic E-state index is 0.586. The highest BCUT2D eigenvalue weighted by atomic mass is 32.1. The van der Waals surface area contributed by atoms with Crippen LogP contribution in [0, 0.1) is 19.8 Å². The Bertz CT molecular complexity index is 363. The molecule has 1 aromatic heterocycles. The van der Waals surface area contributed by atoms with Gasteiger partial charge in [-0.15, -0.1) is 11.3 Å². The lowest BCUT2D eigenvalue weighted by atomic mass is 9.83. The summed E-state index contributed by atoms with van der Waals surface area (Å²) in [6, 6.07) is 2.99. The lowest BCUT2D eigenvalue weighted by Crippen LogP contribution is -2.24. The van der Waals surface area contributed by atoms with Gasteiger partial charge in [-0.25, -0.2) is 0 Å². The van der Waals surface area contributed by atoms with Crippen LogP contribution in [0.3, 0.4) is 0 Å². The molecule has 0 saturated heterocycles. The molecule has 0 radical (unpaired) electrons. The van der Waals surface area contributed by atoms with E-state index in [0.717, 1.165) is 12.5 Å². The maximum Gasteiger partial charge on any atom is 0.0333 e. The molecule has 0 bridgehead atoms. The lowest BCUT2D eigenvalue weighted by Gasteiger charge is -2.27. The molecule has 1 nitrogen and oxygen atoms in total. The molecule has 1 atom stereocenters. The first kappa shape index (κ1) is 14.1. The maximum atomic E-state index is 3.71. The van der Waals surface area contributed by atoms with Crippen LogP contribution in [-0.4, -0.2) is 6.54 Å². The Morgan fingerprint density at radius 1 is 1.28 bits per heavy atom. The van der Waals surface area contributed by atoms with Gasteiger partial charge in [0.2, 0.25) is 0 Å². The van der Waals surface area contributed by atoms with E-state index in [4.69, 9.17) is 0 Å². The first-order valence-corrected chi connectivity index (χ1v) is 8.32. The summed E-state index contributed by atoms with van der Waals surface area (Å²) in [7, 11) is 0. The Balaban J connectivity index is 2.04. The summed E-state index contributed by atoms with van der Waals surface area (Å²) in [6.45, 7) is 7.80. The van der Waals surface area contributed by atoms with Gasteiger partial charge in [0.1, 0.15) is 0 Å². The Hall–Kier alpha value is -0.340. The fraction of sp³-hybridized carbons (Fsp3) is 0.750. The van der Waals surface area contributed by atoms with Crippen molar-refractivity contribution >= 4 is 11.3 Å². The van der Waals surface area contributed by atoms with Gasteiger partial charge in [-0.1, -0.05) is 39.0 Å². The third-order valence-corrected chi connectivity index (χ3v) is 5.18. The van der Waals surface area contributed by atoms with Crippen molar-refractivity contribution in [2.45, 2.75) is 65.3 Å². The molecule has 0 spiro atoms. The van der Waals surface area contributed by atoms with Gasteiger partial charge in [0.05, 0.1) is 0 Å². The van der Waals surface area contributed by atoms with Crippen molar-refractivity contribution in [1.82, 2.24) is 5.32 Å². The third kappa shape index (κ3) is 3.58. The van der Waals surface area contributed by atoms with Gasteiger partial charge in [-0.3, -0.25) is 0 Å². The predicted octanol–water partition coefficient (Wildman–Crippen LogP) is 4.99. The smallest absolute Gasteiger partial charge is 0.0333 e. The number of hydrogen-bond acceptors (Lipinski definition) is 2. The molecular formula is C16H27NS. The second kappa shape index (κ2) is 6.72. The molecule has 0 amide bonds. The van der Waals surface area contributed by atoms with Crippen molar-refractivity contribution in [1.29, 1.82) is 0 Å². The van der Waals surface area contributed by atoms with Crippen LogP contribution in [0.25, 0.3) is 0 Å². The molecule has 102 valence electrons. The van der Waals surface area contributed by atoms with E-state index in [-0.39, 0.29) is 0 Å². The van der Waals surface area contributed by atoms with Gasteiger partial charge in [0.15, 0.2) is 0 Å². The second-order valence-electron chi connectivity index (χ2n) is 5.72. The van der Waals surface area contributed by atoms with Crippen molar-refractivity contribution in [2.75, 3.05) is 6.54 Å². The SMILES string of the molecule is CCNC(CC1CCCCC1)c1cc(C)sc1C. The average Bonchev–Trinajstić information content (AvgIpc) is 2.69. The standard InChI is InChI=1S/C16H27NS/c1-4-17-16(11-14-8-6-5-7-9-14)15-10-12(2)18-13(15)3/h10,14,16-17H,4-9,11H2,1-3H3. The van der Waals surface area contributed by atoms with Gasteiger partial charge in [-0.2, -0.15) is 0 Å². The summed E-state index contributed by atoms with van der Waals surface area (Å²) in [5, 5.41) is 3.71. The zero-order valence-corrected chi connectivity index (χ0v) is 12.9. The van der Waals surface area contributed by atoms with E-state index < -0.39 is 0 Å². The summed E-state index contributed by atoms with van der Waals surface area (Å²) >= 11 is 1.95. The highest BCUT2D eigenvalue weighted by molar-refractivity contribution is 7.12. The van der Waals surface area contributed by atoms with Crippen molar-refractivity contribution in [3.8, 4) is 0 Å². The van der Waals surface area contributed by atoms with Gasteiger partial charge < -0.3 is 5.32 Å². The van der Waals surface area contributed by atoms with Crippen molar-refractivity contribution in [2.24, 2.45) is 5.92 Å². The van der Waals surface area contributed by atoms with Crippen LogP contribution < -0.4 is 5.32 Å². The van der Waals surface area contributed by atoms with Crippen LogP contribution in [0.15, 0.2) is 6.07 Å². The number of rotatable bonds is 5. The molecule has 2 rings (SSSR count). The highest BCUT2D eigenvalue weighted by Crippen LogP contribution is 2.35. The summed E-state index contributed by atoms with van der Waals surface area (Å²) in [4.78, 5) is 2.96. The Morgan fingerprint density at radius 3 is 2.56 bits per heavy atom. The first-order valence-electron chi connectivity index (χ1n) is 7.51. The van der Waals surface area contributed by atoms with E-state index in [0.29, 0.717) is 6.04 Å². The minimum Gasteiger partial charge on any atom is -0.310 e. The molecule has 1 N–H and O–H groups in total. The topological polar surface area (TPSA) is 12.0 Å². The molecule has 1 unspecified atom stereocenters. The van der Waals surface area contributed by atoms with E-state index in [1.165, 1.54) is 48.3 Å². The largest absolute Gasteiger partial charge is 0.310 e. The Kier molecular flexibility index (Phi) is 5.25. The van der Waals surface area contributed by atoms with Crippen LogP contribution in [-0.2, 0) is 0 Å². The van der Waals surface area contributed by atoms with E-state index in [9.17, 15) is 0 Å². The molecule has 1 heterocycles. The molecule has 0 aliphatic heterocycles. The van der Waals surface area contributed by atoms with Gasteiger partial charge in [-0.05, 0) is 44.4 Å². The summed E-state index contributed by atoms with van der Waals surface area (Å²) in [6.07, 6.45) is 8.59. The summed E-state index contributed by atoms with van der Waals surface area (Å²) < 4.78 is 0. The second-order valence-corrected chi connectivity index (χ2v) is 7.18. The molecule has 2 heteroatoms. The number of nitrogens with one attached hydrogen (secondary N) is 1. The molecule has 1 aliphatic rings. The van der Waals surface area contributed by atoms with Crippen molar-refractivity contribution < 1.29 is 0 Å².